The summed E-state index contributed by atoms with van der Waals surface area (Å²) in [5.41, 5.74) is 2.76. The molecule has 0 spiro atoms. The summed E-state index contributed by atoms with van der Waals surface area (Å²) in [4.78, 5) is 24.1. The molecule has 126 valence electrons. The Labute approximate surface area is 142 Å². The molecule has 2 aromatic carbocycles. The molecule has 0 heterocycles. The lowest BCUT2D eigenvalue weighted by Crippen LogP contribution is -2.23. The normalized spacial score (nSPS) is 10.2. The van der Waals surface area contributed by atoms with Crippen LogP contribution in [0.2, 0.25) is 0 Å². The van der Waals surface area contributed by atoms with Crippen LogP contribution in [0.25, 0.3) is 0 Å². The molecule has 0 saturated heterocycles. The van der Waals surface area contributed by atoms with Crippen LogP contribution in [0.5, 0.6) is 5.75 Å². The van der Waals surface area contributed by atoms with Gasteiger partial charge in [-0.25, -0.2) is 0 Å². The predicted octanol–water partition coefficient (Wildman–Crippen LogP) is 3.54. The number of benzene rings is 2. The van der Waals surface area contributed by atoms with Crippen LogP contribution < -0.4 is 10.1 Å². The summed E-state index contributed by atoms with van der Waals surface area (Å²) in [5, 5.41) is 2.83. The number of Topliss-reactive ketones (excluding diaryl/α,β-unsaturated/α-hetero) is 1. The Bertz CT molecular complexity index is 692. The Morgan fingerprint density at radius 3 is 2.38 bits per heavy atom. The van der Waals surface area contributed by atoms with E-state index in [2.05, 4.69) is 12.2 Å². The number of carbonyl (C=O) groups excluding carboxylic acids is 2. The van der Waals surface area contributed by atoms with Gasteiger partial charge in [-0.1, -0.05) is 49.4 Å². The first kappa shape index (κ1) is 17.7. The Balaban J connectivity index is 1.81. The van der Waals surface area contributed by atoms with Crippen molar-refractivity contribution in [3.63, 3.8) is 0 Å². The largest absolute Gasteiger partial charge is 0.496 e. The molecule has 0 bridgehead atoms. The fraction of sp³-hybridized carbons (Fsp3) is 0.300. The lowest BCUT2D eigenvalue weighted by atomic mass is 10.0. The van der Waals surface area contributed by atoms with Gasteiger partial charge in [-0.05, 0) is 18.1 Å². The molecule has 0 unspecified atom stereocenters. The average molecular weight is 325 g/mol. The molecule has 0 aliphatic carbocycles. The highest BCUT2D eigenvalue weighted by molar-refractivity contribution is 5.97. The Hall–Kier alpha value is -2.62. The van der Waals surface area contributed by atoms with Crippen LogP contribution in [0.15, 0.2) is 48.5 Å². The molecule has 4 heteroatoms. The third-order valence-corrected chi connectivity index (χ3v) is 3.93. The van der Waals surface area contributed by atoms with Crippen molar-refractivity contribution in [2.24, 2.45) is 0 Å². The van der Waals surface area contributed by atoms with E-state index in [-0.39, 0.29) is 24.5 Å². The zero-order valence-corrected chi connectivity index (χ0v) is 14.2. The molecule has 1 N–H and O–H groups in total. The predicted molar refractivity (Wildman–Crippen MR) is 94.2 cm³/mol. The minimum Gasteiger partial charge on any atom is -0.496 e. The first-order chi connectivity index (χ1) is 11.6. The van der Waals surface area contributed by atoms with E-state index in [1.807, 2.05) is 48.5 Å². The number of hydrogen-bond acceptors (Lipinski definition) is 3. The fourth-order valence-corrected chi connectivity index (χ4v) is 2.43. The molecule has 0 saturated carbocycles. The van der Waals surface area contributed by atoms with Gasteiger partial charge >= 0.3 is 0 Å². The topological polar surface area (TPSA) is 55.4 Å². The van der Waals surface area contributed by atoms with Crippen molar-refractivity contribution in [1.82, 2.24) is 5.32 Å². The molecule has 0 aliphatic heterocycles. The number of aryl methyl sites for hydroxylation is 1. The number of ether oxygens (including phenoxy) is 1. The number of rotatable bonds is 8. The quantitative estimate of drug-likeness (QED) is 0.755. The van der Waals surface area contributed by atoms with Gasteiger partial charge in [0.15, 0.2) is 5.78 Å². The van der Waals surface area contributed by atoms with E-state index in [0.717, 1.165) is 17.7 Å². The molecule has 0 aromatic heterocycles. The highest BCUT2D eigenvalue weighted by Crippen LogP contribution is 2.16. The van der Waals surface area contributed by atoms with E-state index >= 15 is 0 Å². The van der Waals surface area contributed by atoms with Gasteiger partial charge in [0.2, 0.25) is 5.91 Å². The molecule has 0 aliphatic rings. The molecule has 2 aromatic rings. The molecule has 2 rings (SSSR count). The summed E-state index contributed by atoms with van der Waals surface area (Å²) in [6, 6.07) is 15.1. The smallest absolute Gasteiger partial charge is 0.220 e. The molecule has 0 atom stereocenters. The number of carbonyl (C=O) groups is 2. The second-order valence-corrected chi connectivity index (χ2v) is 5.56. The van der Waals surface area contributed by atoms with Gasteiger partial charge in [-0.3, -0.25) is 9.59 Å². The first-order valence-electron chi connectivity index (χ1n) is 8.14. The maximum absolute atomic E-state index is 12.1. The number of methoxy groups -OCH3 is 1. The Morgan fingerprint density at radius 1 is 1.00 bits per heavy atom. The summed E-state index contributed by atoms with van der Waals surface area (Å²) < 4.78 is 5.25. The maximum atomic E-state index is 12.1. The Morgan fingerprint density at radius 2 is 1.71 bits per heavy atom. The van der Waals surface area contributed by atoms with Crippen molar-refractivity contribution in [2.45, 2.75) is 32.7 Å². The number of ketones is 1. The van der Waals surface area contributed by atoms with Crippen LogP contribution in [0.3, 0.4) is 0 Å². The molecule has 1 amide bonds. The third kappa shape index (κ3) is 4.95. The summed E-state index contributed by atoms with van der Waals surface area (Å²) in [6.07, 6.45) is 1.34. The van der Waals surface area contributed by atoms with Crippen LogP contribution in [0.1, 0.15) is 41.3 Å². The van der Waals surface area contributed by atoms with E-state index < -0.39 is 0 Å². The van der Waals surface area contributed by atoms with Crippen LogP contribution in [0, 0.1) is 0 Å². The zero-order valence-electron chi connectivity index (χ0n) is 14.2. The second-order valence-electron chi connectivity index (χ2n) is 5.56. The van der Waals surface area contributed by atoms with Gasteiger partial charge in [0.05, 0.1) is 7.11 Å². The molecule has 0 radical (unpaired) electrons. The molecule has 4 nitrogen and oxygen atoms in total. The number of para-hydroxylation sites is 1. The van der Waals surface area contributed by atoms with Gasteiger partial charge in [0.25, 0.3) is 0 Å². The highest BCUT2D eigenvalue weighted by Gasteiger charge is 2.10. The van der Waals surface area contributed by atoms with Gasteiger partial charge in [-0.2, -0.15) is 0 Å². The van der Waals surface area contributed by atoms with E-state index in [0.29, 0.717) is 12.1 Å². The van der Waals surface area contributed by atoms with E-state index in [4.69, 9.17) is 4.74 Å². The highest BCUT2D eigenvalue weighted by atomic mass is 16.5. The maximum Gasteiger partial charge on any atom is 0.220 e. The second kappa shape index (κ2) is 8.87. The lowest BCUT2D eigenvalue weighted by molar-refractivity contribution is -0.121. The van der Waals surface area contributed by atoms with Gasteiger partial charge in [0, 0.05) is 30.5 Å². The fourth-order valence-electron chi connectivity index (χ4n) is 2.43. The molecule has 24 heavy (non-hydrogen) atoms. The average Bonchev–Trinajstić information content (AvgIpc) is 2.64. The zero-order chi connectivity index (χ0) is 17.4. The number of amides is 1. The van der Waals surface area contributed by atoms with E-state index in [1.54, 1.807) is 7.11 Å². The van der Waals surface area contributed by atoms with E-state index in [9.17, 15) is 9.59 Å². The van der Waals surface area contributed by atoms with Crippen LogP contribution in [-0.2, 0) is 17.8 Å². The van der Waals surface area contributed by atoms with E-state index in [1.165, 1.54) is 5.56 Å². The number of hydrogen-bond donors (Lipinski definition) is 1. The summed E-state index contributed by atoms with van der Waals surface area (Å²) in [5.74, 6) is 0.592. The van der Waals surface area contributed by atoms with Crippen molar-refractivity contribution in [3.8, 4) is 5.75 Å². The SMILES string of the molecule is CCc1ccc(C(=O)CCC(=O)NCc2ccccc2OC)cc1. The monoisotopic (exact) mass is 325 g/mol. The molecular weight excluding hydrogens is 302 g/mol. The standard InChI is InChI=1S/C20H23NO3/c1-3-15-8-10-16(11-9-15)18(22)12-13-20(23)21-14-17-6-4-5-7-19(17)24-2/h4-11H,3,12-14H2,1-2H3,(H,21,23). The first-order valence-corrected chi connectivity index (χ1v) is 8.14. The van der Waals surface area contributed by atoms with Crippen molar-refractivity contribution < 1.29 is 14.3 Å². The Kier molecular flexibility index (Phi) is 6.55. The summed E-state index contributed by atoms with van der Waals surface area (Å²) in [7, 11) is 1.60. The lowest BCUT2D eigenvalue weighted by Gasteiger charge is -2.09. The molecular formula is C20H23NO3. The third-order valence-electron chi connectivity index (χ3n) is 3.93. The van der Waals surface area contributed by atoms with Crippen molar-refractivity contribution in [2.75, 3.05) is 7.11 Å². The van der Waals surface area contributed by atoms with Crippen molar-refractivity contribution in [1.29, 1.82) is 0 Å². The van der Waals surface area contributed by atoms with Gasteiger partial charge in [-0.15, -0.1) is 0 Å². The summed E-state index contributed by atoms with van der Waals surface area (Å²) >= 11 is 0. The van der Waals surface area contributed by atoms with Crippen LogP contribution in [0.4, 0.5) is 0 Å². The minimum absolute atomic E-state index is 0.00917. The van der Waals surface area contributed by atoms with Crippen LogP contribution >= 0.6 is 0 Å². The summed E-state index contributed by atoms with van der Waals surface area (Å²) in [6.45, 7) is 2.46. The van der Waals surface area contributed by atoms with Crippen molar-refractivity contribution >= 4 is 11.7 Å². The van der Waals surface area contributed by atoms with Gasteiger partial charge in [0.1, 0.15) is 5.75 Å². The van der Waals surface area contributed by atoms with Crippen molar-refractivity contribution in [3.05, 3.63) is 65.2 Å². The van der Waals surface area contributed by atoms with Crippen LogP contribution in [-0.4, -0.2) is 18.8 Å². The minimum atomic E-state index is -0.139. The number of nitrogens with one attached hydrogen (secondary N) is 1. The molecule has 0 fully saturated rings. The van der Waals surface area contributed by atoms with Gasteiger partial charge < -0.3 is 10.1 Å².